The molecule has 0 spiro atoms. The summed E-state index contributed by atoms with van der Waals surface area (Å²) in [6.45, 7) is 0.553. The van der Waals surface area contributed by atoms with Crippen LogP contribution in [-0.4, -0.2) is 48.2 Å². The van der Waals surface area contributed by atoms with E-state index in [2.05, 4.69) is 15.0 Å². The van der Waals surface area contributed by atoms with E-state index in [4.69, 9.17) is 18.9 Å². The molecule has 3 aromatic carbocycles. The van der Waals surface area contributed by atoms with Crippen LogP contribution < -0.4 is 18.9 Å². The van der Waals surface area contributed by atoms with Crippen molar-refractivity contribution >= 4 is 38.2 Å². The molecule has 0 N–H and O–H groups in total. The van der Waals surface area contributed by atoms with E-state index in [0.29, 0.717) is 45.5 Å². The summed E-state index contributed by atoms with van der Waals surface area (Å²) in [4.78, 5) is 26.2. The molecule has 35 heavy (non-hydrogen) atoms. The third-order valence-electron chi connectivity index (χ3n) is 5.33. The maximum absolute atomic E-state index is 13.2. The summed E-state index contributed by atoms with van der Waals surface area (Å²) < 4.78 is 23.4. The van der Waals surface area contributed by atoms with Crippen molar-refractivity contribution in [1.29, 1.82) is 0 Å². The van der Waals surface area contributed by atoms with Gasteiger partial charge in [0, 0.05) is 17.0 Å². The fourth-order valence-corrected chi connectivity index (χ4v) is 4.43. The van der Waals surface area contributed by atoms with Crippen LogP contribution in [0, 0.1) is 0 Å². The first-order valence-electron chi connectivity index (χ1n) is 10.8. The minimum atomic E-state index is -0.227. The number of hydrogen-bond acceptors (Lipinski definition) is 9. The molecule has 0 atom stereocenters. The summed E-state index contributed by atoms with van der Waals surface area (Å²) in [6, 6.07) is 18.2. The molecule has 2 heterocycles. The monoisotopic (exact) mass is 487 g/mol. The van der Waals surface area contributed by atoms with E-state index in [9.17, 15) is 4.79 Å². The average molecular weight is 488 g/mol. The van der Waals surface area contributed by atoms with Crippen LogP contribution >= 0.6 is 11.3 Å². The molecule has 0 aliphatic carbocycles. The number of methoxy groups -OCH3 is 2. The van der Waals surface area contributed by atoms with Gasteiger partial charge in [0.2, 0.25) is 5.78 Å². The summed E-state index contributed by atoms with van der Waals surface area (Å²) in [7, 11) is 3.13. The molecular formula is C26H21N3O5S. The Labute approximate surface area is 205 Å². The zero-order chi connectivity index (χ0) is 24.2. The van der Waals surface area contributed by atoms with Crippen molar-refractivity contribution in [3.05, 3.63) is 78.2 Å². The van der Waals surface area contributed by atoms with Crippen LogP contribution in [0.1, 0.15) is 16.1 Å². The molecule has 0 aliphatic rings. The van der Waals surface area contributed by atoms with Crippen molar-refractivity contribution in [1.82, 2.24) is 15.0 Å². The molecule has 176 valence electrons. The van der Waals surface area contributed by atoms with Crippen molar-refractivity contribution in [2.24, 2.45) is 0 Å². The van der Waals surface area contributed by atoms with Crippen LogP contribution in [0.25, 0.3) is 21.1 Å². The molecule has 9 heteroatoms. The van der Waals surface area contributed by atoms with Gasteiger partial charge >= 0.3 is 0 Å². The largest absolute Gasteiger partial charge is 0.497 e. The second kappa shape index (κ2) is 9.94. The second-order valence-electron chi connectivity index (χ2n) is 7.44. The number of rotatable bonds is 9. The van der Waals surface area contributed by atoms with Gasteiger partial charge in [0.25, 0.3) is 5.19 Å². The highest BCUT2D eigenvalue weighted by atomic mass is 32.1. The Morgan fingerprint density at radius 2 is 1.66 bits per heavy atom. The minimum absolute atomic E-state index is 0.227. The lowest BCUT2D eigenvalue weighted by Gasteiger charge is -2.13. The van der Waals surface area contributed by atoms with Crippen LogP contribution in [0.3, 0.4) is 0 Å². The number of thiazole rings is 1. The number of para-hydroxylation sites is 1. The standard InChI is InChI=1S/C26H21N3O5S/c1-31-17-9-7-16(8-10-17)25(30)24-18-13-22(21(32-2)14-20(18)27-15-28-24)33-11-12-34-26-29-19-5-3-4-6-23(19)35-26/h3-10,13-15H,11-12H2,1-2H3. The lowest BCUT2D eigenvalue weighted by Crippen LogP contribution is -2.10. The number of hydrogen-bond donors (Lipinski definition) is 0. The molecule has 5 rings (SSSR count). The molecule has 0 radical (unpaired) electrons. The Kier molecular flexibility index (Phi) is 6.40. The number of aromatic nitrogens is 3. The third kappa shape index (κ3) is 4.71. The van der Waals surface area contributed by atoms with E-state index >= 15 is 0 Å². The predicted molar refractivity (Wildman–Crippen MR) is 133 cm³/mol. The lowest BCUT2D eigenvalue weighted by molar-refractivity contribution is 0.103. The number of ether oxygens (including phenoxy) is 4. The smallest absolute Gasteiger partial charge is 0.274 e. The molecule has 0 unspecified atom stereocenters. The molecule has 2 aromatic heterocycles. The van der Waals surface area contributed by atoms with Gasteiger partial charge in [0.05, 0.1) is 30.0 Å². The van der Waals surface area contributed by atoms with Crippen LogP contribution in [0.4, 0.5) is 0 Å². The van der Waals surface area contributed by atoms with Gasteiger partial charge in [-0.25, -0.2) is 15.0 Å². The summed E-state index contributed by atoms with van der Waals surface area (Å²) in [5.41, 5.74) is 2.25. The Bertz CT molecular complexity index is 1470. The number of ketones is 1. The molecule has 0 bridgehead atoms. The van der Waals surface area contributed by atoms with E-state index in [-0.39, 0.29) is 18.1 Å². The Morgan fingerprint density at radius 3 is 2.43 bits per heavy atom. The Morgan fingerprint density at radius 1 is 0.857 bits per heavy atom. The second-order valence-corrected chi connectivity index (χ2v) is 8.44. The molecule has 0 saturated heterocycles. The van der Waals surface area contributed by atoms with Crippen molar-refractivity contribution in [2.75, 3.05) is 27.4 Å². The fraction of sp³-hybridized carbons (Fsp3) is 0.154. The summed E-state index contributed by atoms with van der Waals surface area (Å²) in [6.07, 6.45) is 1.37. The maximum Gasteiger partial charge on any atom is 0.274 e. The number of fused-ring (bicyclic) bond motifs is 2. The highest BCUT2D eigenvalue weighted by molar-refractivity contribution is 7.20. The Hall–Kier alpha value is -4.24. The first-order chi connectivity index (χ1) is 17.2. The van der Waals surface area contributed by atoms with Crippen LogP contribution in [0.15, 0.2) is 67.0 Å². The minimum Gasteiger partial charge on any atom is -0.497 e. The normalized spacial score (nSPS) is 10.9. The molecule has 0 aliphatic heterocycles. The molecule has 0 fully saturated rings. The van der Waals surface area contributed by atoms with E-state index in [1.807, 2.05) is 24.3 Å². The van der Waals surface area contributed by atoms with Crippen molar-refractivity contribution in [2.45, 2.75) is 0 Å². The van der Waals surface area contributed by atoms with E-state index in [1.165, 1.54) is 17.7 Å². The molecule has 5 aromatic rings. The molecule has 0 amide bonds. The number of carbonyl (C=O) groups is 1. The van der Waals surface area contributed by atoms with Gasteiger partial charge in [-0.3, -0.25) is 4.79 Å². The van der Waals surface area contributed by atoms with Gasteiger partial charge in [0.1, 0.15) is 31.0 Å². The summed E-state index contributed by atoms with van der Waals surface area (Å²) in [5.74, 6) is 1.41. The third-order valence-corrected chi connectivity index (χ3v) is 6.28. The first-order valence-corrected chi connectivity index (χ1v) is 11.6. The summed E-state index contributed by atoms with van der Waals surface area (Å²) >= 11 is 1.48. The van der Waals surface area contributed by atoms with Crippen molar-refractivity contribution in [3.63, 3.8) is 0 Å². The highest BCUT2D eigenvalue weighted by Gasteiger charge is 2.18. The van der Waals surface area contributed by atoms with Crippen molar-refractivity contribution < 1.29 is 23.7 Å². The molecular weight excluding hydrogens is 466 g/mol. The maximum atomic E-state index is 13.2. The summed E-state index contributed by atoms with van der Waals surface area (Å²) in [5, 5.41) is 1.15. The average Bonchev–Trinajstić information content (AvgIpc) is 3.33. The quantitative estimate of drug-likeness (QED) is 0.213. The van der Waals surface area contributed by atoms with Crippen LogP contribution in [-0.2, 0) is 0 Å². The zero-order valence-corrected chi connectivity index (χ0v) is 19.9. The zero-order valence-electron chi connectivity index (χ0n) is 19.1. The van der Waals surface area contributed by atoms with Gasteiger partial charge in [-0.1, -0.05) is 23.5 Å². The van der Waals surface area contributed by atoms with E-state index in [0.717, 1.165) is 10.2 Å². The fourth-order valence-electron chi connectivity index (χ4n) is 3.59. The van der Waals surface area contributed by atoms with Gasteiger partial charge in [-0.15, -0.1) is 0 Å². The van der Waals surface area contributed by atoms with Crippen LogP contribution in [0.2, 0.25) is 0 Å². The predicted octanol–water partition coefficient (Wildman–Crippen LogP) is 4.95. The number of carbonyl (C=O) groups excluding carboxylic acids is 1. The molecule has 8 nitrogen and oxygen atoms in total. The SMILES string of the molecule is COc1ccc(C(=O)c2ncnc3cc(OC)c(OCCOc4nc5ccccc5s4)cc23)cc1. The first kappa shape index (κ1) is 22.5. The topological polar surface area (TPSA) is 92.7 Å². The highest BCUT2D eigenvalue weighted by Crippen LogP contribution is 2.33. The molecule has 0 saturated carbocycles. The van der Waals surface area contributed by atoms with Gasteiger partial charge in [-0.05, 0) is 42.5 Å². The lowest BCUT2D eigenvalue weighted by atomic mass is 10.0. The van der Waals surface area contributed by atoms with Gasteiger partial charge in [-0.2, -0.15) is 0 Å². The van der Waals surface area contributed by atoms with Crippen molar-refractivity contribution in [3.8, 4) is 22.4 Å². The number of benzene rings is 3. The number of nitrogens with zero attached hydrogens (tertiary/aromatic N) is 3. The van der Waals surface area contributed by atoms with Gasteiger partial charge in [0.15, 0.2) is 11.5 Å². The van der Waals surface area contributed by atoms with Crippen LogP contribution in [0.5, 0.6) is 22.4 Å². The van der Waals surface area contributed by atoms with E-state index < -0.39 is 0 Å². The Balaban J connectivity index is 1.35. The van der Waals surface area contributed by atoms with Gasteiger partial charge < -0.3 is 18.9 Å². The van der Waals surface area contributed by atoms with E-state index in [1.54, 1.807) is 50.6 Å².